The molecule has 0 saturated carbocycles. The number of amides is 1. The summed E-state index contributed by atoms with van der Waals surface area (Å²) in [7, 11) is 0. The van der Waals surface area contributed by atoms with E-state index < -0.39 is 0 Å². The molecule has 3 rings (SSSR count). The lowest BCUT2D eigenvalue weighted by Gasteiger charge is -2.32. The van der Waals surface area contributed by atoms with Gasteiger partial charge in [-0.25, -0.2) is 4.98 Å². The first-order chi connectivity index (χ1) is 13.5. The molecule has 1 aliphatic heterocycles. The molecule has 0 bridgehead atoms. The summed E-state index contributed by atoms with van der Waals surface area (Å²) in [5.74, 6) is -0.192. The number of likely N-dealkylation sites (tertiary alicyclic amines) is 1. The van der Waals surface area contributed by atoms with Crippen LogP contribution in [0.5, 0.6) is 0 Å². The largest absolute Gasteiger partial charge is 0.466 e. The zero-order chi connectivity index (χ0) is 20.1. The number of thioether (sulfide) groups is 1. The highest BCUT2D eigenvalue weighted by molar-refractivity contribution is 8.00. The van der Waals surface area contributed by atoms with Gasteiger partial charge < -0.3 is 9.64 Å². The zero-order valence-corrected chi connectivity index (χ0v) is 17.6. The van der Waals surface area contributed by atoms with Crippen LogP contribution in [-0.2, 0) is 14.3 Å². The van der Waals surface area contributed by atoms with Gasteiger partial charge in [0.1, 0.15) is 0 Å². The molecule has 28 heavy (non-hydrogen) atoms. The molecule has 8 heteroatoms. The number of benzene rings is 1. The van der Waals surface area contributed by atoms with Crippen LogP contribution in [0, 0.1) is 5.92 Å². The fourth-order valence-corrected chi connectivity index (χ4v) is 4.41. The lowest BCUT2D eigenvalue weighted by atomic mass is 9.97. The zero-order valence-electron chi connectivity index (χ0n) is 16.0. The van der Waals surface area contributed by atoms with E-state index in [9.17, 15) is 9.59 Å². The minimum absolute atomic E-state index is 0.0629. The van der Waals surface area contributed by atoms with Crippen molar-refractivity contribution < 1.29 is 14.3 Å². The van der Waals surface area contributed by atoms with Crippen molar-refractivity contribution in [2.75, 3.05) is 19.7 Å². The van der Waals surface area contributed by atoms with Gasteiger partial charge in [0.15, 0.2) is 5.16 Å². The Kier molecular flexibility index (Phi) is 7.02. The molecular formula is C20H24ClN3O3S. The van der Waals surface area contributed by atoms with Crippen molar-refractivity contribution in [1.29, 1.82) is 0 Å². The van der Waals surface area contributed by atoms with Gasteiger partial charge in [-0.3, -0.25) is 14.2 Å². The van der Waals surface area contributed by atoms with Crippen molar-refractivity contribution in [3.05, 3.63) is 41.7 Å². The molecule has 0 aliphatic carbocycles. The molecule has 1 unspecified atom stereocenters. The first-order valence-electron chi connectivity index (χ1n) is 9.41. The van der Waals surface area contributed by atoms with Crippen LogP contribution in [0.2, 0.25) is 5.02 Å². The number of nitrogens with zero attached hydrogens (tertiary/aromatic N) is 3. The molecule has 0 N–H and O–H groups in total. The average molecular weight is 422 g/mol. The van der Waals surface area contributed by atoms with Gasteiger partial charge in [-0.05, 0) is 44.9 Å². The summed E-state index contributed by atoms with van der Waals surface area (Å²) < 4.78 is 7.02. The standard InChI is InChI=1S/C20H24ClN3O3S/c1-3-27-19(26)15-7-10-23(11-8-15)18(25)14(2)28-20-22-9-12-24(20)17-6-4-5-16(21)13-17/h4-6,9,12-15H,3,7-8,10-11H2,1-2H3. The quantitative estimate of drug-likeness (QED) is 0.524. The second-order valence-electron chi connectivity index (χ2n) is 6.67. The minimum atomic E-state index is -0.278. The molecule has 0 radical (unpaired) electrons. The molecule has 1 aliphatic rings. The van der Waals surface area contributed by atoms with Crippen molar-refractivity contribution in [1.82, 2.24) is 14.5 Å². The van der Waals surface area contributed by atoms with E-state index in [1.807, 2.05) is 53.8 Å². The third kappa shape index (κ3) is 4.89. The highest BCUT2D eigenvalue weighted by atomic mass is 35.5. The van der Waals surface area contributed by atoms with Crippen LogP contribution in [0.4, 0.5) is 0 Å². The number of carbonyl (C=O) groups excluding carboxylic acids is 2. The molecule has 1 amide bonds. The molecule has 2 aromatic rings. The van der Waals surface area contributed by atoms with E-state index in [1.165, 1.54) is 11.8 Å². The van der Waals surface area contributed by atoms with Crippen LogP contribution in [0.15, 0.2) is 41.8 Å². The fourth-order valence-electron chi connectivity index (χ4n) is 3.26. The number of esters is 1. The first kappa shape index (κ1) is 20.7. The molecule has 1 saturated heterocycles. The number of halogens is 1. The lowest BCUT2D eigenvalue weighted by molar-refractivity contribution is -0.151. The molecule has 1 fully saturated rings. The van der Waals surface area contributed by atoms with E-state index in [0.717, 1.165) is 10.8 Å². The SMILES string of the molecule is CCOC(=O)C1CCN(C(=O)C(C)Sc2nccn2-c2cccc(Cl)c2)CC1. The molecule has 0 spiro atoms. The Bertz CT molecular complexity index is 834. The van der Waals surface area contributed by atoms with Crippen molar-refractivity contribution in [3.8, 4) is 5.69 Å². The molecule has 1 aromatic carbocycles. The Labute approximate surface area is 174 Å². The summed E-state index contributed by atoms with van der Waals surface area (Å²) in [6.07, 6.45) is 4.87. The van der Waals surface area contributed by atoms with Gasteiger partial charge in [0.05, 0.1) is 17.8 Å². The first-order valence-corrected chi connectivity index (χ1v) is 10.7. The predicted molar refractivity (Wildman–Crippen MR) is 110 cm³/mol. The number of rotatable bonds is 6. The summed E-state index contributed by atoms with van der Waals surface area (Å²) in [4.78, 5) is 31.0. The van der Waals surface area contributed by atoms with Crippen molar-refractivity contribution >= 4 is 35.2 Å². The number of piperidine rings is 1. The summed E-state index contributed by atoms with van der Waals surface area (Å²) in [6.45, 7) is 5.25. The molecule has 1 atom stereocenters. The van der Waals surface area contributed by atoms with E-state index in [2.05, 4.69) is 4.98 Å². The lowest BCUT2D eigenvalue weighted by Crippen LogP contribution is -2.43. The Hall–Kier alpha value is -1.99. The maximum Gasteiger partial charge on any atom is 0.309 e. The number of hydrogen-bond acceptors (Lipinski definition) is 5. The van der Waals surface area contributed by atoms with Crippen LogP contribution in [0.3, 0.4) is 0 Å². The second-order valence-corrected chi connectivity index (χ2v) is 8.42. The molecule has 150 valence electrons. The van der Waals surface area contributed by atoms with Gasteiger partial charge in [-0.2, -0.15) is 0 Å². The van der Waals surface area contributed by atoms with Crippen LogP contribution in [-0.4, -0.2) is 51.3 Å². The van der Waals surface area contributed by atoms with Crippen molar-refractivity contribution in [2.24, 2.45) is 5.92 Å². The van der Waals surface area contributed by atoms with Gasteiger partial charge in [-0.1, -0.05) is 29.4 Å². The second kappa shape index (κ2) is 9.47. The van der Waals surface area contributed by atoms with Crippen LogP contribution >= 0.6 is 23.4 Å². The van der Waals surface area contributed by atoms with E-state index in [1.54, 1.807) is 6.20 Å². The normalized spacial score (nSPS) is 16.0. The number of carbonyl (C=O) groups is 2. The topological polar surface area (TPSA) is 64.4 Å². The summed E-state index contributed by atoms with van der Waals surface area (Å²) >= 11 is 7.51. The monoisotopic (exact) mass is 421 g/mol. The minimum Gasteiger partial charge on any atom is -0.466 e. The molecular weight excluding hydrogens is 398 g/mol. The van der Waals surface area contributed by atoms with E-state index >= 15 is 0 Å². The summed E-state index contributed by atoms with van der Waals surface area (Å²) in [5.41, 5.74) is 0.905. The van der Waals surface area contributed by atoms with Gasteiger partial charge in [0.25, 0.3) is 0 Å². The molecule has 1 aromatic heterocycles. The Balaban J connectivity index is 1.60. The number of aromatic nitrogens is 2. The Morgan fingerprint density at radius 1 is 1.36 bits per heavy atom. The Morgan fingerprint density at radius 2 is 2.11 bits per heavy atom. The maximum atomic E-state index is 12.9. The maximum absolute atomic E-state index is 12.9. The third-order valence-electron chi connectivity index (χ3n) is 4.75. The van der Waals surface area contributed by atoms with Crippen LogP contribution in [0.25, 0.3) is 5.69 Å². The fraction of sp³-hybridized carbons (Fsp3) is 0.450. The highest BCUT2D eigenvalue weighted by Gasteiger charge is 2.30. The number of hydrogen-bond donors (Lipinski definition) is 0. The van der Waals surface area contributed by atoms with Crippen LogP contribution < -0.4 is 0 Å². The predicted octanol–water partition coefficient (Wildman–Crippen LogP) is 3.81. The Morgan fingerprint density at radius 3 is 2.79 bits per heavy atom. The van der Waals surface area contributed by atoms with Crippen molar-refractivity contribution in [3.63, 3.8) is 0 Å². The third-order valence-corrected chi connectivity index (χ3v) is 6.05. The van der Waals surface area contributed by atoms with E-state index in [-0.39, 0.29) is 23.0 Å². The number of imidazole rings is 1. The van der Waals surface area contributed by atoms with E-state index in [0.29, 0.717) is 37.6 Å². The summed E-state index contributed by atoms with van der Waals surface area (Å²) in [6, 6.07) is 7.51. The molecule has 2 heterocycles. The van der Waals surface area contributed by atoms with E-state index in [4.69, 9.17) is 16.3 Å². The number of ether oxygens (including phenoxy) is 1. The smallest absolute Gasteiger partial charge is 0.309 e. The van der Waals surface area contributed by atoms with Gasteiger partial charge in [-0.15, -0.1) is 0 Å². The molecule has 6 nitrogen and oxygen atoms in total. The van der Waals surface area contributed by atoms with Gasteiger partial charge >= 0.3 is 5.97 Å². The average Bonchev–Trinajstić information content (AvgIpc) is 3.16. The highest BCUT2D eigenvalue weighted by Crippen LogP contribution is 2.28. The van der Waals surface area contributed by atoms with Gasteiger partial charge in [0, 0.05) is 36.2 Å². The van der Waals surface area contributed by atoms with Crippen LogP contribution in [0.1, 0.15) is 26.7 Å². The summed E-state index contributed by atoms with van der Waals surface area (Å²) in [5, 5.41) is 1.11. The van der Waals surface area contributed by atoms with Crippen molar-refractivity contribution in [2.45, 2.75) is 37.1 Å². The van der Waals surface area contributed by atoms with Gasteiger partial charge in [0.2, 0.25) is 5.91 Å².